The summed E-state index contributed by atoms with van der Waals surface area (Å²) in [6.07, 6.45) is 3.87. The van der Waals surface area contributed by atoms with Crippen molar-refractivity contribution in [2.75, 3.05) is 11.9 Å². The van der Waals surface area contributed by atoms with E-state index < -0.39 is 0 Å². The highest BCUT2D eigenvalue weighted by molar-refractivity contribution is 5.85. The van der Waals surface area contributed by atoms with Crippen molar-refractivity contribution in [2.24, 2.45) is 5.41 Å². The molecule has 1 N–H and O–H groups in total. The number of benzene rings is 1. The molecule has 0 aliphatic heterocycles. The molecule has 0 bridgehead atoms. The first-order valence-electron chi connectivity index (χ1n) is 10.6. The average molecular weight is 410 g/mol. The fraction of sp³-hybridized carbons (Fsp3) is 0.522. The summed E-state index contributed by atoms with van der Waals surface area (Å²) in [6.45, 7) is 10.2. The molecule has 2 heterocycles. The van der Waals surface area contributed by atoms with E-state index in [1.54, 1.807) is 6.92 Å². The lowest BCUT2D eigenvalue weighted by atomic mass is 9.88. The molecule has 2 aromatic heterocycles. The van der Waals surface area contributed by atoms with Gasteiger partial charge in [0.05, 0.1) is 11.0 Å². The van der Waals surface area contributed by atoms with Gasteiger partial charge in [-0.25, -0.2) is 4.98 Å². The summed E-state index contributed by atoms with van der Waals surface area (Å²) in [7, 11) is 0. The maximum absolute atomic E-state index is 12.0. The molecular weight excluding hydrogens is 378 g/mol. The van der Waals surface area contributed by atoms with E-state index in [0.29, 0.717) is 30.1 Å². The van der Waals surface area contributed by atoms with Gasteiger partial charge in [0, 0.05) is 24.8 Å². The van der Waals surface area contributed by atoms with Gasteiger partial charge >= 0.3 is 0 Å². The molecule has 0 amide bonds. The van der Waals surface area contributed by atoms with Gasteiger partial charge in [-0.1, -0.05) is 33.3 Å². The van der Waals surface area contributed by atoms with Crippen molar-refractivity contribution in [3.05, 3.63) is 29.6 Å². The van der Waals surface area contributed by atoms with Crippen LogP contribution in [0.1, 0.15) is 64.8 Å². The van der Waals surface area contributed by atoms with Gasteiger partial charge in [0.1, 0.15) is 17.4 Å². The minimum Gasteiger partial charge on any atom is -0.367 e. The zero-order valence-corrected chi connectivity index (χ0v) is 18.6. The predicted octanol–water partition coefficient (Wildman–Crippen LogP) is 4.30. The molecule has 0 aliphatic carbocycles. The van der Waals surface area contributed by atoms with Crippen LogP contribution in [0.4, 0.5) is 5.82 Å². The van der Waals surface area contributed by atoms with Crippen LogP contribution in [0.5, 0.6) is 0 Å². The Morgan fingerprint density at radius 2 is 1.87 bits per heavy atom. The Kier molecular flexibility index (Phi) is 6.48. The lowest BCUT2D eigenvalue weighted by Gasteiger charge is -2.16. The summed E-state index contributed by atoms with van der Waals surface area (Å²) in [5.41, 5.74) is 3.11. The second-order valence-electron chi connectivity index (χ2n) is 8.98. The summed E-state index contributed by atoms with van der Waals surface area (Å²) in [4.78, 5) is 28.2. The topological polar surface area (TPSA) is 89.2 Å². The first kappa shape index (κ1) is 21.9. The lowest BCUT2D eigenvalue weighted by molar-refractivity contribution is -0.126. The van der Waals surface area contributed by atoms with Gasteiger partial charge in [-0.15, -0.1) is 10.2 Å². The van der Waals surface area contributed by atoms with Crippen LogP contribution in [0.15, 0.2) is 18.2 Å². The summed E-state index contributed by atoms with van der Waals surface area (Å²) in [5.74, 6) is 1.92. The molecule has 160 valence electrons. The Balaban J connectivity index is 1.70. The van der Waals surface area contributed by atoms with E-state index in [-0.39, 0.29) is 11.2 Å². The molecule has 7 nitrogen and oxygen atoms in total. The van der Waals surface area contributed by atoms with Crippen LogP contribution in [0.3, 0.4) is 0 Å². The van der Waals surface area contributed by atoms with Gasteiger partial charge < -0.3 is 5.32 Å². The number of ketones is 2. The largest absolute Gasteiger partial charge is 0.367 e. The monoisotopic (exact) mass is 409 g/mol. The molecule has 0 unspecified atom stereocenters. The van der Waals surface area contributed by atoms with Crippen molar-refractivity contribution in [3.8, 4) is 0 Å². The number of Topliss-reactive ketones (excluding diaryl/α,β-unsaturated/α-hetero) is 2. The third kappa shape index (κ3) is 5.01. The number of unbranched alkanes of at least 4 members (excludes halogenated alkanes) is 2. The summed E-state index contributed by atoms with van der Waals surface area (Å²) < 4.78 is 1.98. The minimum atomic E-state index is -0.255. The van der Waals surface area contributed by atoms with E-state index in [1.165, 1.54) is 0 Å². The average Bonchev–Trinajstić information content (AvgIpc) is 3.05. The van der Waals surface area contributed by atoms with Crippen molar-refractivity contribution in [2.45, 2.75) is 66.7 Å². The van der Waals surface area contributed by atoms with Crippen LogP contribution in [-0.4, -0.2) is 37.7 Å². The number of aryl methyl sites for hydroxylation is 1. The quantitative estimate of drug-likeness (QED) is 0.530. The molecule has 0 radical (unpaired) electrons. The molecule has 3 aromatic rings. The molecule has 0 saturated heterocycles. The van der Waals surface area contributed by atoms with Crippen LogP contribution in [-0.2, 0) is 16.0 Å². The molecule has 0 fully saturated rings. The highest BCUT2D eigenvalue weighted by Gasteiger charge is 2.20. The number of fused-ring (bicyclic) bond motifs is 3. The SMILES string of the molecule is CC(=O)Cc1ccc2nc(NCCCCCC(=O)C(C)(C)C)c3nnc(C)n3c2c1. The van der Waals surface area contributed by atoms with Crippen molar-refractivity contribution in [1.82, 2.24) is 19.6 Å². The Morgan fingerprint density at radius 3 is 2.57 bits per heavy atom. The first-order valence-corrected chi connectivity index (χ1v) is 10.6. The Labute approximate surface area is 177 Å². The number of carbonyl (C=O) groups is 2. The maximum Gasteiger partial charge on any atom is 0.204 e. The van der Waals surface area contributed by atoms with Crippen LogP contribution < -0.4 is 5.32 Å². The van der Waals surface area contributed by atoms with Gasteiger partial charge in [-0.05, 0) is 44.4 Å². The molecule has 0 atom stereocenters. The third-order valence-electron chi connectivity index (χ3n) is 5.21. The lowest BCUT2D eigenvalue weighted by Crippen LogP contribution is -2.19. The number of hydrogen-bond acceptors (Lipinski definition) is 6. The highest BCUT2D eigenvalue weighted by Crippen LogP contribution is 2.23. The fourth-order valence-electron chi connectivity index (χ4n) is 3.50. The normalized spacial score (nSPS) is 11.9. The number of rotatable bonds is 9. The van der Waals surface area contributed by atoms with Gasteiger partial charge in [0.2, 0.25) is 5.65 Å². The number of anilines is 1. The van der Waals surface area contributed by atoms with Crippen molar-refractivity contribution >= 4 is 34.1 Å². The van der Waals surface area contributed by atoms with Crippen LogP contribution in [0, 0.1) is 12.3 Å². The molecule has 7 heteroatoms. The van der Waals surface area contributed by atoms with E-state index in [2.05, 4.69) is 15.5 Å². The summed E-state index contributed by atoms with van der Waals surface area (Å²) in [5, 5.41) is 11.9. The van der Waals surface area contributed by atoms with Crippen molar-refractivity contribution < 1.29 is 9.59 Å². The zero-order valence-electron chi connectivity index (χ0n) is 18.6. The molecule has 0 aliphatic rings. The van der Waals surface area contributed by atoms with Gasteiger partial charge in [0.25, 0.3) is 0 Å². The maximum atomic E-state index is 12.0. The second kappa shape index (κ2) is 8.90. The molecule has 3 rings (SSSR count). The van der Waals surface area contributed by atoms with Crippen LogP contribution in [0.2, 0.25) is 0 Å². The van der Waals surface area contributed by atoms with E-state index in [9.17, 15) is 9.59 Å². The van der Waals surface area contributed by atoms with Crippen molar-refractivity contribution in [3.63, 3.8) is 0 Å². The van der Waals surface area contributed by atoms with E-state index in [0.717, 1.165) is 48.2 Å². The standard InChI is InChI=1S/C23H31N5O2/c1-15(29)13-17-10-11-18-19(14-17)28-16(2)26-27-22(28)21(25-18)24-12-8-6-7-9-20(30)23(3,4)5/h10-11,14H,6-9,12-13H2,1-5H3,(H,24,25). The Bertz CT molecular complexity index is 1080. The summed E-state index contributed by atoms with van der Waals surface area (Å²) >= 11 is 0. The minimum absolute atomic E-state index is 0.126. The number of aromatic nitrogens is 4. The van der Waals surface area contributed by atoms with Gasteiger partial charge in [-0.3, -0.25) is 14.0 Å². The van der Waals surface area contributed by atoms with E-state index in [1.807, 2.05) is 50.3 Å². The number of carbonyl (C=O) groups excluding carboxylic acids is 2. The number of nitrogens with one attached hydrogen (secondary N) is 1. The van der Waals surface area contributed by atoms with Crippen LogP contribution in [0.25, 0.3) is 16.7 Å². The molecule has 1 aromatic carbocycles. The van der Waals surface area contributed by atoms with E-state index >= 15 is 0 Å². The first-order chi connectivity index (χ1) is 14.2. The van der Waals surface area contributed by atoms with Crippen LogP contribution >= 0.6 is 0 Å². The summed E-state index contributed by atoms with van der Waals surface area (Å²) in [6, 6.07) is 5.87. The number of nitrogens with zero attached hydrogens (tertiary/aromatic N) is 4. The zero-order chi connectivity index (χ0) is 21.9. The van der Waals surface area contributed by atoms with E-state index in [4.69, 9.17) is 4.98 Å². The Hall–Kier alpha value is -2.83. The molecular formula is C23H31N5O2. The Morgan fingerprint density at radius 1 is 1.10 bits per heavy atom. The fourth-order valence-corrected chi connectivity index (χ4v) is 3.50. The van der Waals surface area contributed by atoms with Crippen molar-refractivity contribution in [1.29, 1.82) is 0 Å². The highest BCUT2D eigenvalue weighted by atomic mass is 16.1. The molecule has 0 saturated carbocycles. The third-order valence-corrected chi connectivity index (χ3v) is 5.21. The smallest absolute Gasteiger partial charge is 0.204 e. The van der Waals surface area contributed by atoms with Gasteiger partial charge in [-0.2, -0.15) is 0 Å². The van der Waals surface area contributed by atoms with Gasteiger partial charge in [0.15, 0.2) is 5.82 Å². The predicted molar refractivity (Wildman–Crippen MR) is 119 cm³/mol. The number of hydrogen-bond donors (Lipinski definition) is 1. The second-order valence-corrected chi connectivity index (χ2v) is 8.98. The molecule has 0 spiro atoms. The molecule has 30 heavy (non-hydrogen) atoms.